The van der Waals surface area contributed by atoms with Crippen LogP contribution in [0.1, 0.15) is 36.2 Å². The van der Waals surface area contributed by atoms with Crippen LogP contribution in [-0.4, -0.2) is 57.4 Å². The van der Waals surface area contributed by atoms with Crippen LogP contribution in [0.5, 0.6) is 11.5 Å². The molecule has 2 aromatic rings. The maximum Gasteiger partial charge on any atom is 0.387 e. The summed E-state index contributed by atoms with van der Waals surface area (Å²) in [5.41, 5.74) is 0.910. The summed E-state index contributed by atoms with van der Waals surface area (Å²) >= 11 is 0. The Morgan fingerprint density at radius 1 is 1.12 bits per heavy atom. The van der Waals surface area contributed by atoms with Crippen LogP contribution in [0.15, 0.2) is 47.4 Å². The number of benzene rings is 2. The Morgan fingerprint density at radius 3 is 2.29 bits per heavy atom. The summed E-state index contributed by atoms with van der Waals surface area (Å²) in [6.45, 7) is 2.17. The third kappa shape index (κ3) is 6.04. The molecule has 1 fully saturated rings. The van der Waals surface area contributed by atoms with Crippen molar-refractivity contribution in [1.29, 1.82) is 0 Å². The van der Waals surface area contributed by atoms with Gasteiger partial charge in [-0.1, -0.05) is 26.0 Å². The third-order valence-corrected chi connectivity index (χ3v) is 7.63. The van der Waals surface area contributed by atoms with Crippen molar-refractivity contribution in [3.05, 3.63) is 53.6 Å². The molecule has 2 aromatic carbocycles. The van der Waals surface area contributed by atoms with Crippen LogP contribution in [0, 0.1) is 11.8 Å². The van der Waals surface area contributed by atoms with Gasteiger partial charge in [-0.05, 0) is 54.2 Å². The molecule has 7 nitrogen and oxygen atoms in total. The van der Waals surface area contributed by atoms with Crippen molar-refractivity contribution < 1.29 is 31.5 Å². The molecule has 1 heterocycles. The highest BCUT2D eigenvalue weighted by Gasteiger charge is 2.34. The summed E-state index contributed by atoms with van der Waals surface area (Å²) in [6, 6.07) is 10.3. The summed E-state index contributed by atoms with van der Waals surface area (Å²) in [4.78, 5) is 14.5. The summed E-state index contributed by atoms with van der Waals surface area (Å²) in [6.07, 6.45) is 0.960. The zero-order chi connectivity index (χ0) is 25.0. The van der Waals surface area contributed by atoms with Gasteiger partial charge in [0.1, 0.15) is 16.4 Å². The van der Waals surface area contributed by atoms with Gasteiger partial charge < -0.3 is 14.4 Å². The molecule has 0 aromatic heterocycles. The van der Waals surface area contributed by atoms with Gasteiger partial charge in [-0.25, -0.2) is 8.42 Å². The van der Waals surface area contributed by atoms with E-state index in [-0.39, 0.29) is 46.2 Å². The molecule has 0 saturated carbocycles. The maximum absolute atomic E-state index is 13.5. The first-order valence-corrected chi connectivity index (χ1v) is 12.4. The number of sulfonamides is 1. The molecule has 10 heteroatoms. The Morgan fingerprint density at radius 2 is 1.74 bits per heavy atom. The zero-order valence-corrected chi connectivity index (χ0v) is 20.5. The van der Waals surface area contributed by atoms with Crippen LogP contribution < -0.4 is 9.47 Å². The van der Waals surface area contributed by atoms with Crippen molar-refractivity contribution in [1.82, 2.24) is 9.21 Å². The molecule has 1 saturated heterocycles. The van der Waals surface area contributed by atoms with Gasteiger partial charge in [-0.3, -0.25) is 4.79 Å². The van der Waals surface area contributed by atoms with Crippen LogP contribution in [0.2, 0.25) is 0 Å². The zero-order valence-electron chi connectivity index (χ0n) is 19.7. The summed E-state index contributed by atoms with van der Waals surface area (Å²) < 4.78 is 62.7. The van der Waals surface area contributed by atoms with Gasteiger partial charge in [0, 0.05) is 32.2 Å². The lowest BCUT2D eigenvalue weighted by Crippen LogP contribution is -2.42. The van der Waals surface area contributed by atoms with E-state index in [1.807, 2.05) is 13.8 Å². The number of methoxy groups -OCH3 is 1. The van der Waals surface area contributed by atoms with Gasteiger partial charge >= 0.3 is 6.61 Å². The Bertz CT molecular complexity index is 1100. The summed E-state index contributed by atoms with van der Waals surface area (Å²) in [5, 5.41) is 0. The van der Waals surface area contributed by atoms with Crippen molar-refractivity contribution in [2.24, 2.45) is 11.8 Å². The molecule has 0 spiro atoms. The highest BCUT2D eigenvalue weighted by Crippen LogP contribution is 2.32. The van der Waals surface area contributed by atoms with Crippen molar-refractivity contribution in [2.75, 3.05) is 27.2 Å². The topological polar surface area (TPSA) is 76.1 Å². The van der Waals surface area contributed by atoms with Crippen LogP contribution in [-0.2, 0) is 16.6 Å². The minimum Gasteiger partial charge on any atom is -0.495 e. The van der Waals surface area contributed by atoms with E-state index in [1.54, 1.807) is 19.2 Å². The number of carbonyl (C=O) groups excluding carboxylic acids is 1. The second-order valence-corrected chi connectivity index (χ2v) is 10.7. The highest BCUT2D eigenvalue weighted by atomic mass is 32.2. The normalized spacial score (nSPS) is 19.1. The molecular formula is C24H30F2N2O5S. The van der Waals surface area contributed by atoms with E-state index >= 15 is 0 Å². The number of rotatable bonds is 8. The lowest BCUT2D eigenvalue weighted by atomic mass is 9.94. The van der Waals surface area contributed by atoms with Crippen LogP contribution >= 0.6 is 0 Å². The average Bonchev–Trinajstić information content (AvgIpc) is 2.78. The Hall–Kier alpha value is -2.72. The van der Waals surface area contributed by atoms with Gasteiger partial charge in [0.15, 0.2) is 0 Å². The fourth-order valence-corrected chi connectivity index (χ4v) is 6.16. The Balaban J connectivity index is 1.82. The van der Waals surface area contributed by atoms with Gasteiger partial charge in [-0.2, -0.15) is 13.1 Å². The molecule has 2 atom stereocenters. The van der Waals surface area contributed by atoms with Gasteiger partial charge in [0.2, 0.25) is 10.0 Å². The number of halogens is 2. The van der Waals surface area contributed by atoms with Gasteiger partial charge in [0.05, 0.1) is 7.11 Å². The van der Waals surface area contributed by atoms with Crippen LogP contribution in [0.4, 0.5) is 8.78 Å². The predicted octanol–water partition coefficient (Wildman–Crippen LogP) is 4.24. The van der Waals surface area contributed by atoms with Crippen molar-refractivity contribution in [3.63, 3.8) is 0 Å². The first-order chi connectivity index (χ1) is 16.0. The number of hydrogen-bond acceptors (Lipinski definition) is 5. The van der Waals surface area contributed by atoms with E-state index < -0.39 is 16.6 Å². The quantitative estimate of drug-likeness (QED) is 0.547. The fourth-order valence-electron chi connectivity index (χ4n) is 4.29. The fraction of sp³-hybridized carbons (Fsp3) is 0.458. The molecule has 1 aliphatic rings. The molecule has 0 bridgehead atoms. The molecule has 3 rings (SSSR count). The molecule has 2 unspecified atom stereocenters. The predicted molar refractivity (Wildman–Crippen MR) is 124 cm³/mol. The van der Waals surface area contributed by atoms with Crippen molar-refractivity contribution in [3.8, 4) is 11.5 Å². The molecule has 0 aliphatic carbocycles. The Kier molecular flexibility index (Phi) is 8.14. The standard InChI is InChI=1S/C24H30F2N2O5S/c1-16-11-17(2)14-28(13-16)34(30,31)22-12-19(7-10-21(22)32-4)23(29)27(3)15-18-5-8-20(9-6-18)33-24(25)26/h5-10,12,16-17,24H,11,13-15H2,1-4H3. The molecule has 34 heavy (non-hydrogen) atoms. The van der Waals surface area contributed by atoms with Crippen molar-refractivity contribution >= 4 is 15.9 Å². The van der Waals surface area contributed by atoms with E-state index in [0.29, 0.717) is 18.7 Å². The number of amides is 1. The molecular weight excluding hydrogens is 466 g/mol. The first kappa shape index (κ1) is 25.9. The lowest BCUT2D eigenvalue weighted by molar-refractivity contribution is -0.0498. The van der Waals surface area contributed by atoms with Gasteiger partial charge in [-0.15, -0.1) is 0 Å². The monoisotopic (exact) mass is 496 g/mol. The molecule has 1 amide bonds. The summed E-state index contributed by atoms with van der Waals surface area (Å²) in [7, 11) is -0.888. The number of hydrogen-bond donors (Lipinski definition) is 0. The Labute approximate surface area is 199 Å². The van der Waals surface area contributed by atoms with Crippen LogP contribution in [0.3, 0.4) is 0 Å². The lowest BCUT2D eigenvalue weighted by Gasteiger charge is -2.34. The minimum atomic E-state index is -3.86. The van der Waals surface area contributed by atoms with Gasteiger partial charge in [0.25, 0.3) is 5.91 Å². The van der Waals surface area contributed by atoms with E-state index in [9.17, 15) is 22.0 Å². The van der Waals surface area contributed by atoms with E-state index in [0.717, 1.165) is 6.42 Å². The maximum atomic E-state index is 13.5. The van der Waals surface area contributed by atoms with Crippen LogP contribution in [0.25, 0.3) is 0 Å². The minimum absolute atomic E-state index is 0.0269. The number of nitrogens with zero attached hydrogens (tertiary/aromatic N) is 2. The number of alkyl halides is 2. The molecule has 0 N–H and O–H groups in total. The summed E-state index contributed by atoms with van der Waals surface area (Å²) in [5.74, 6) is 0.294. The first-order valence-electron chi connectivity index (χ1n) is 11.0. The van der Waals surface area contributed by atoms with E-state index in [1.165, 1.54) is 46.6 Å². The largest absolute Gasteiger partial charge is 0.495 e. The number of ether oxygens (including phenoxy) is 2. The molecule has 186 valence electrons. The molecule has 0 radical (unpaired) electrons. The average molecular weight is 497 g/mol. The van der Waals surface area contributed by atoms with E-state index in [4.69, 9.17) is 4.74 Å². The second-order valence-electron chi connectivity index (χ2n) is 8.82. The SMILES string of the molecule is COc1ccc(C(=O)N(C)Cc2ccc(OC(F)F)cc2)cc1S(=O)(=O)N1CC(C)CC(C)C1. The number of piperidine rings is 1. The smallest absolute Gasteiger partial charge is 0.387 e. The molecule has 1 aliphatic heterocycles. The van der Waals surface area contributed by atoms with Crippen molar-refractivity contribution in [2.45, 2.75) is 38.3 Å². The third-order valence-electron chi connectivity index (χ3n) is 5.78. The van der Waals surface area contributed by atoms with E-state index in [2.05, 4.69) is 4.74 Å². The number of carbonyl (C=O) groups is 1. The highest BCUT2D eigenvalue weighted by molar-refractivity contribution is 7.89. The second kappa shape index (κ2) is 10.7.